The molecule has 0 aliphatic carbocycles. The van der Waals surface area contributed by atoms with Crippen LogP contribution in [0.2, 0.25) is 0 Å². The number of nitrogens with zero attached hydrogens (tertiary/aromatic N) is 1. The Bertz CT molecular complexity index is 1070. The first-order chi connectivity index (χ1) is 16.1. The maximum atomic E-state index is 12.5. The van der Waals surface area contributed by atoms with Crippen molar-refractivity contribution in [3.8, 4) is 5.75 Å². The third-order valence-electron chi connectivity index (χ3n) is 5.41. The lowest BCUT2D eigenvalue weighted by molar-refractivity contribution is -0.151. The second-order valence-corrected chi connectivity index (χ2v) is 9.06. The molecule has 0 radical (unpaired) electrons. The number of hydrogen-bond acceptors (Lipinski definition) is 6. The molecule has 1 atom stereocenters. The van der Waals surface area contributed by atoms with Crippen molar-refractivity contribution in [3.63, 3.8) is 0 Å². The molecule has 0 aromatic heterocycles. The van der Waals surface area contributed by atoms with Gasteiger partial charge in [-0.2, -0.15) is 0 Å². The van der Waals surface area contributed by atoms with Crippen molar-refractivity contribution in [1.82, 2.24) is 10.4 Å². The lowest BCUT2D eigenvalue weighted by atomic mass is 9.87. The van der Waals surface area contributed by atoms with E-state index in [9.17, 15) is 19.2 Å². The molecule has 1 aliphatic heterocycles. The van der Waals surface area contributed by atoms with E-state index in [-0.39, 0.29) is 18.4 Å². The van der Waals surface area contributed by atoms with Crippen molar-refractivity contribution in [2.24, 2.45) is 5.92 Å². The summed E-state index contributed by atoms with van der Waals surface area (Å²) in [5, 5.41) is 3.72. The first-order valence-corrected chi connectivity index (χ1v) is 10.9. The molecule has 1 fully saturated rings. The summed E-state index contributed by atoms with van der Waals surface area (Å²) in [5.41, 5.74) is 4.49. The molecule has 0 spiro atoms. The predicted octanol–water partition coefficient (Wildman–Crippen LogP) is 2.67. The standard InChI is InChI=1S/C25H29N3O6/c1-25(2,3)18-10-8-16(9-11-18)23(31)27-28-14-17(12-22(28)30)24(32)34-15-21(29)26-19-6-5-7-20(13-19)33-4/h5-11,13,17H,12,14-15H2,1-4H3,(H,26,29)(H,27,31)/t17-/m0/s1. The Labute approximate surface area is 198 Å². The van der Waals surface area contributed by atoms with Crippen molar-refractivity contribution in [2.45, 2.75) is 32.6 Å². The second-order valence-electron chi connectivity index (χ2n) is 9.06. The molecule has 34 heavy (non-hydrogen) atoms. The Morgan fingerprint density at radius 2 is 1.79 bits per heavy atom. The molecule has 180 valence electrons. The molecule has 2 aromatic carbocycles. The van der Waals surface area contributed by atoms with Crippen LogP contribution in [0.5, 0.6) is 5.75 Å². The van der Waals surface area contributed by atoms with Crippen LogP contribution in [0, 0.1) is 5.92 Å². The Kier molecular flexibility index (Phi) is 7.55. The fraction of sp³-hybridized carbons (Fsp3) is 0.360. The smallest absolute Gasteiger partial charge is 0.311 e. The van der Waals surface area contributed by atoms with E-state index in [0.717, 1.165) is 10.6 Å². The van der Waals surface area contributed by atoms with Crippen LogP contribution in [0.1, 0.15) is 43.1 Å². The number of anilines is 1. The van der Waals surface area contributed by atoms with Crippen LogP contribution in [0.4, 0.5) is 5.69 Å². The van der Waals surface area contributed by atoms with Crippen LogP contribution in [-0.2, 0) is 24.5 Å². The maximum Gasteiger partial charge on any atom is 0.311 e. The van der Waals surface area contributed by atoms with Crippen molar-refractivity contribution < 1.29 is 28.7 Å². The molecule has 3 rings (SSSR count). The molecule has 0 saturated carbocycles. The van der Waals surface area contributed by atoms with Gasteiger partial charge in [0.15, 0.2) is 6.61 Å². The number of benzene rings is 2. The minimum absolute atomic E-state index is 0.0268. The van der Waals surface area contributed by atoms with E-state index in [4.69, 9.17) is 9.47 Å². The van der Waals surface area contributed by atoms with E-state index in [0.29, 0.717) is 17.0 Å². The molecular weight excluding hydrogens is 438 g/mol. The van der Waals surface area contributed by atoms with Crippen LogP contribution in [0.25, 0.3) is 0 Å². The molecule has 9 nitrogen and oxygen atoms in total. The highest BCUT2D eigenvalue weighted by Crippen LogP contribution is 2.23. The topological polar surface area (TPSA) is 114 Å². The van der Waals surface area contributed by atoms with Crippen LogP contribution >= 0.6 is 0 Å². The zero-order valence-electron chi connectivity index (χ0n) is 19.7. The molecule has 0 unspecified atom stereocenters. The minimum Gasteiger partial charge on any atom is -0.497 e. The van der Waals surface area contributed by atoms with Crippen molar-refractivity contribution in [2.75, 3.05) is 25.6 Å². The highest BCUT2D eigenvalue weighted by Gasteiger charge is 2.36. The largest absolute Gasteiger partial charge is 0.497 e. The van der Waals surface area contributed by atoms with Gasteiger partial charge in [-0.1, -0.05) is 39.0 Å². The second kappa shape index (κ2) is 10.4. The zero-order chi connectivity index (χ0) is 24.9. The lowest BCUT2D eigenvalue weighted by Gasteiger charge is -2.20. The fourth-order valence-electron chi connectivity index (χ4n) is 3.43. The van der Waals surface area contributed by atoms with Gasteiger partial charge in [-0.3, -0.25) is 29.6 Å². The van der Waals surface area contributed by atoms with E-state index in [1.807, 2.05) is 12.1 Å². The van der Waals surface area contributed by atoms with Gasteiger partial charge in [0.1, 0.15) is 5.75 Å². The summed E-state index contributed by atoms with van der Waals surface area (Å²) in [4.78, 5) is 49.3. The summed E-state index contributed by atoms with van der Waals surface area (Å²) in [5.74, 6) is -2.25. The average molecular weight is 468 g/mol. The van der Waals surface area contributed by atoms with Crippen LogP contribution < -0.4 is 15.5 Å². The maximum absolute atomic E-state index is 12.5. The number of rotatable bonds is 7. The SMILES string of the molecule is COc1cccc(NC(=O)COC(=O)[C@H]2CC(=O)N(NC(=O)c3ccc(C(C)(C)C)cc3)C2)c1. The van der Waals surface area contributed by atoms with Gasteiger partial charge in [0.2, 0.25) is 5.91 Å². The number of hydrogen-bond donors (Lipinski definition) is 2. The first kappa shape index (κ1) is 24.8. The highest BCUT2D eigenvalue weighted by atomic mass is 16.5. The van der Waals surface area contributed by atoms with Gasteiger partial charge in [0.05, 0.1) is 19.6 Å². The number of esters is 1. The molecule has 3 amide bonds. The molecule has 1 heterocycles. The average Bonchev–Trinajstić information content (AvgIpc) is 3.17. The first-order valence-electron chi connectivity index (χ1n) is 10.9. The third-order valence-corrected chi connectivity index (χ3v) is 5.41. The summed E-state index contributed by atoms with van der Waals surface area (Å²) in [6.45, 7) is 5.71. The van der Waals surface area contributed by atoms with Gasteiger partial charge in [0.25, 0.3) is 11.8 Å². The van der Waals surface area contributed by atoms with Gasteiger partial charge >= 0.3 is 5.97 Å². The summed E-state index contributed by atoms with van der Waals surface area (Å²) in [7, 11) is 1.51. The Morgan fingerprint density at radius 3 is 2.44 bits per heavy atom. The predicted molar refractivity (Wildman–Crippen MR) is 125 cm³/mol. The van der Waals surface area contributed by atoms with Crippen molar-refractivity contribution in [3.05, 3.63) is 59.7 Å². The number of nitrogens with one attached hydrogen (secondary N) is 2. The molecule has 1 saturated heterocycles. The molecule has 2 N–H and O–H groups in total. The number of carbonyl (C=O) groups is 4. The van der Waals surface area contributed by atoms with Gasteiger partial charge in [-0.25, -0.2) is 0 Å². The number of hydrazine groups is 1. The third kappa shape index (κ3) is 6.34. The molecule has 2 aromatic rings. The summed E-state index contributed by atoms with van der Waals surface area (Å²) in [6, 6.07) is 13.9. The Balaban J connectivity index is 1.49. The summed E-state index contributed by atoms with van der Waals surface area (Å²) >= 11 is 0. The summed E-state index contributed by atoms with van der Waals surface area (Å²) in [6.07, 6.45) is -0.112. The number of amides is 3. The Hall–Kier alpha value is -3.88. The van der Waals surface area contributed by atoms with Crippen molar-refractivity contribution >= 4 is 29.4 Å². The highest BCUT2D eigenvalue weighted by molar-refractivity contribution is 5.97. The van der Waals surface area contributed by atoms with Crippen molar-refractivity contribution in [1.29, 1.82) is 0 Å². The van der Waals surface area contributed by atoms with Gasteiger partial charge in [0, 0.05) is 23.7 Å². The minimum atomic E-state index is -0.777. The number of ether oxygens (including phenoxy) is 2. The molecule has 9 heteroatoms. The van der Waals surface area contributed by atoms with E-state index in [2.05, 4.69) is 31.5 Å². The number of carbonyl (C=O) groups excluding carboxylic acids is 4. The monoisotopic (exact) mass is 467 g/mol. The zero-order valence-corrected chi connectivity index (χ0v) is 19.7. The van der Waals surface area contributed by atoms with Crippen LogP contribution in [-0.4, -0.2) is 49.0 Å². The molecule has 0 bridgehead atoms. The Morgan fingerprint density at radius 1 is 1.09 bits per heavy atom. The normalized spacial score (nSPS) is 15.6. The molecule has 1 aliphatic rings. The summed E-state index contributed by atoms with van der Waals surface area (Å²) < 4.78 is 10.2. The van der Waals surface area contributed by atoms with E-state index < -0.39 is 36.2 Å². The van der Waals surface area contributed by atoms with Gasteiger partial charge in [-0.15, -0.1) is 0 Å². The number of methoxy groups -OCH3 is 1. The van der Waals surface area contributed by atoms with Gasteiger partial charge < -0.3 is 14.8 Å². The quantitative estimate of drug-likeness (QED) is 0.605. The van der Waals surface area contributed by atoms with Gasteiger partial charge in [-0.05, 0) is 35.2 Å². The van der Waals surface area contributed by atoms with E-state index in [1.54, 1.807) is 36.4 Å². The van der Waals surface area contributed by atoms with Crippen LogP contribution in [0.3, 0.4) is 0 Å². The van der Waals surface area contributed by atoms with E-state index >= 15 is 0 Å². The fourth-order valence-corrected chi connectivity index (χ4v) is 3.43. The lowest BCUT2D eigenvalue weighted by Crippen LogP contribution is -2.43. The van der Waals surface area contributed by atoms with Crippen LogP contribution in [0.15, 0.2) is 48.5 Å². The molecular formula is C25H29N3O6. The van der Waals surface area contributed by atoms with E-state index in [1.165, 1.54) is 7.11 Å².